The van der Waals surface area contributed by atoms with E-state index in [-0.39, 0.29) is 5.56 Å². The number of benzene rings is 1. The molecular formula is C20H25N5O5. The van der Waals surface area contributed by atoms with Crippen molar-refractivity contribution in [3.05, 3.63) is 52.3 Å². The summed E-state index contributed by atoms with van der Waals surface area (Å²) < 4.78 is 7.03. The molecule has 1 aromatic carbocycles. The number of imidazole rings is 1. The first-order chi connectivity index (χ1) is 14.0. The lowest BCUT2D eigenvalue weighted by molar-refractivity contribution is -0.134. The third-order valence-corrected chi connectivity index (χ3v) is 3.65. The number of aromatic nitrogens is 4. The van der Waals surface area contributed by atoms with E-state index < -0.39 is 17.7 Å². The molecule has 0 aliphatic carbocycles. The van der Waals surface area contributed by atoms with Crippen molar-refractivity contribution >= 4 is 23.2 Å². The van der Waals surface area contributed by atoms with Gasteiger partial charge in [0, 0.05) is 19.2 Å². The Hall–Kier alpha value is -3.69. The number of nitrogens with zero attached hydrogens (tertiary/aromatic N) is 3. The first-order valence-electron chi connectivity index (χ1n) is 9.16. The summed E-state index contributed by atoms with van der Waals surface area (Å²) in [6, 6.07) is 7.57. The number of fused-ring (bicyclic) bond motifs is 1. The van der Waals surface area contributed by atoms with E-state index in [4.69, 9.17) is 14.6 Å². The fourth-order valence-electron chi connectivity index (χ4n) is 2.57. The van der Waals surface area contributed by atoms with E-state index in [9.17, 15) is 9.59 Å². The third kappa shape index (κ3) is 6.16. The zero-order valence-corrected chi connectivity index (χ0v) is 17.5. The number of hydrogen-bond donors (Lipinski definition) is 3. The van der Waals surface area contributed by atoms with Crippen molar-refractivity contribution in [1.82, 2.24) is 24.8 Å². The molecule has 0 fully saturated rings. The molecule has 160 valence electrons. The zero-order chi connectivity index (χ0) is 22.5. The van der Waals surface area contributed by atoms with Crippen LogP contribution in [0, 0.1) is 6.92 Å². The topological polar surface area (TPSA) is 139 Å². The Balaban J connectivity index is 0.000000735. The summed E-state index contributed by atoms with van der Waals surface area (Å²) in [5.74, 6) is -0.163. The maximum Gasteiger partial charge on any atom is 0.407 e. The van der Waals surface area contributed by atoms with Gasteiger partial charge in [-0.15, -0.1) is 0 Å². The summed E-state index contributed by atoms with van der Waals surface area (Å²) in [5.41, 5.74) is 1.77. The van der Waals surface area contributed by atoms with Crippen molar-refractivity contribution in [2.45, 2.75) is 46.8 Å². The summed E-state index contributed by atoms with van der Waals surface area (Å²) >= 11 is 0. The van der Waals surface area contributed by atoms with Gasteiger partial charge in [0.2, 0.25) is 0 Å². The molecule has 2 aromatic heterocycles. The molecule has 0 radical (unpaired) electrons. The summed E-state index contributed by atoms with van der Waals surface area (Å²) in [6.07, 6.45) is 0.906. The fourth-order valence-corrected chi connectivity index (χ4v) is 2.57. The predicted molar refractivity (Wildman–Crippen MR) is 111 cm³/mol. The number of aromatic amines is 1. The van der Waals surface area contributed by atoms with Crippen LogP contribution in [0.2, 0.25) is 0 Å². The summed E-state index contributed by atoms with van der Waals surface area (Å²) in [5, 5.41) is 10.1. The van der Waals surface area contributed by atoms with E-state index in [1.807, 2.05) is 56.5 Å². The van der Waals surface area contributed by atoms with Gasteiger partial charge < -0.3 is 20.1 Å². The van der Waals surface area contributed by atoms with Crippen molar-refractivity contribution in [1.29, 1.82) is 0 Å². The van der Waals surface area contributed by atoms with Crippen LogP contribution < -0.4 is 10.9 Å². The normalized spacial score (nSPS) is 10.8. The number of aryl methyl sites for hydroxylation is 1. The molecule has 0 saturated heterocycles. The number of carbonyl (C=O) groups is 2. The van der Waals surface area contributed by atoms with Gasteiger partial charge in [-0.3, -0.25) is 14.2 Å². The monoisotopic (exact) mass is 415 g/mol. The smallest absolute Gasteiger partial charge is 0.407 e. The Morgan fingerprint density at radius 3 is 2.40 bits per heavy atom. The molecule has 0 saturated carbocycles. The lowest BCUT2D eigenvalue weighted by Gasteiger charge is -2.19. The number of ether oxygens (including phenoxy) is 1. The molecule has 2 heterocycles. The highest BCUT2D eigenvalue weighted by molar-refractivity contribution is 5.72. The molecule has 30 heavy (non-hydrogen) atoms. The van der Waals surface area contributed by atoms with Crippen LogP contribution >= 0.6 is 0 Å². The number of rotatable bonds is 3. The lowest BCUT2D eigenvalue weighted by Crippen LogP contribution is -2.32. The molecule has 0 spiro atoms. The molecule has 3 N–H and O–H groups in total. The molecule has 0 bridgehead atoms. The highest BCUT2D eigenvalue weighted by Gasteiger charge is 2.16. The van der Waals surface area contributed by atoms with Crippen LogP contribution in [-0.4, -0.2) is 42.3 Å². The first-order valence-corrected chi connectivity index (χ1v) is 9.16. The third-order valence-electron chi connectivity index (χ3n) is 3.65. The molecular weight excluding hydrogens is 390 g/mol. The molecule has 10 heteroatoms. The molecule has 3 aromatic rings. The largest absolute Gasteiger partial charge is 0.481 e. The minimum atomic E-state index is -0.833. The molecule has 0 aliphatic rings. The lowest BCUT2D eigenvalue weighted by atomic mass is 10.2. The van der Waals surface area contributed by atoms with Crippen molar-refractivity contribution in [3.63, 3.8) is 0 Å². The molecule has 0 unspecified atom stereocenters. The number of carboxylic acid groups (broad SMARTS) is 1. The Morgan fingerprint density at radius 1 is 1.23 bits per heavy atom. The summed E-state index contributed by atoms with van der Waals surface area (Å²) in [4.78, 5) is 43.6. The number of nitrogens with one attached hydrogen (secondary N) is 2. The van der Waals surface area contributed by atoms with E-state index in [1.165, 1.54) is 6.33 Å². The number of alkyl carbamates (subject to hydrolysis) is 1. The highest BCUT2D eigenvalue weighted by atomic mass is 16.6. The van der Waals surface area contributed by atoms with Crippen molar-refractivity contribution in [2.24, 2.45) is 0 Å². The second-order valence-corrected chi connectivity index (χ2v) is 7.44. The number of hydrogen-bond acceptors (Lipinski definition) is 6. The standard InChI is InChI=1S/C18H21N5O3.C2H4O2/c1-11-22-14-15(20-10-21-16(14)24)23(11)13-7-5-12(6-8-13)9-19-17(25)26-18(2,3)4;1-2(3)4/h5-8,10H,9H2,1-4H3,(H,19,25)(H,20,21,24);1H3,(H,3,4). The predicted octanol–water partition coefficient (Wildman–Crippen LogP) is 2.53. The molecule has 1 amide bonds. The van der Waals surface area contributed by atoms with Gasteiger partial charge in [-0.1, -0.05) is 12.1 Å². The minimum Gasteiger partial charge on any atom is -0.481 e. The quantitative estimate of drug-likeness (QED) is 0.597. The van der Waals surface area contributed by atoms with Gasteiger partial charge in [-0.05, 0) is 45.4 Å². The van der Waals surface area contributed by atoms with Gasteiger partial charge in [-0.2, -0.15) is 0 Å². The van der Waals surface area contributed by atoms with Crippen LogP contribution in [0.25, 0.3) is 16.9 Å². The Bertz CT molecular complexity index is 1090. The van der Waals surface area contributed by atoms with Gasteiger partial charge in [-0.25, -0.2) is 14.8 Å². The number of carbonyl (C=O) groups excluding carboxylic acids is 1. The molecule has 0 aliphatic heterocycles. The average molecular weight is 415 g/mol. The number of carboxylic acids is 1. The van der Waals surface area contributed by atoms with E-state index in [0.717, 1.165) is 18.2 Å². The van der Waals surface area contributed by atoms with Gasteiger partial charge in [0.25, 0.3) is 11.5 Å². The maximum absolute atomic E-state index is 11.9. The second-order valence-electron chi connectivity index (χ2n) is 7.44. The van der Waals surface area contributed by atoms with Crippen LogP contribution in [0.3, 0.4) is 0 Å². The second kappa shape index (κ2) is 9.21. The summed E-state index contributed by atoms with van der Waals surface area (Å²) in [6.45, 7) is 8.71. The van der Waals surface area contributed by atoms with Crippen molar-refractivity contribution < 1.29 is 19.4 Å². The van der Waals surface area contributed by atoms with E-state index in [1.54, 1.807) is 0 Å². The number of H-pyrrole nitrogens is 1. The fraction of sp³-hybridized carbons (Fsp3) is 0.350. The first kappa shape index (κ1) is 22.6. The average Bonchev–Trinajstić information content (AvgIpc) is 2.96. The van der Waals surface area contributed by atoms with Gasteiger partial charge >= 0.3 is 6.09 Å². The minimum absolute atomic E-state index is 0.268. The highest BCUT2D eigenvalue weighted by Crippen LogP contribution is 2.18. The Labute approximate surface area is 172 Å². The van der Waals surface area contributed by atoms with Gasteiger partial charge in [0.1, 0.15) is 11.4 Å². The SMILES string of the molecule is CC(=O)O.Cc1nc2c(=O)[nH]cnc2n1-c1ccc(CNC(=O)OC(C)(C)C)cc1. The van der Waals surface area contributed by atoms with E-state index in [0.29, 0.717) is 23.5 Å². The van der Waals surface area contributed by atoms with Crippen LogP contribution in [0.5, 0.6) is 0 Å². The molecule has 0 atom stereocenters. The van der Waals surface area contributed by atoms with Crippen molar-refractivity contribution in [3.8, 4) is 5.69 Å². The van der Waals surface area contributed by atoms with Gasteiger partial charge in [0.15, 0.2) is 11.2 Å². The Morgan fingerprint density at radius 2 is 1.83 bits per heavy atom. The van der Waals surface area contributed by atoms with Crippen LogP contribution in [0.15, 0.2) is 35.4 Å². The molecule has 3 rings (SSSR count). The van der Waals surface area contributed by atoms with Gasteiger partial charge in [0.05, 0.1) is 6.33 Å². The number of amides is 1. The summed E-state index contributed by atoms with van der Waals surface area (Å²) in [7, 11) is 0. The van der Waals surface area contributed by atoms with Crippen LogP contribution in [0.4, 0.5) is 4.79 Å². The zero-order valence-electron chi connectivity index (χ0n) is 17.5. The maximum atomic E-state index is 11.9. The number of aliphatic carboxylic acids is 1. The Kier molecular flexibility index (Phi) is 6.93. The van der Waals surface area contributed by atoms with E-state index in [2.05, 4.69) is 20.3 Å². The van der Waals surface area contributed by atoms with Crippen LogP contribution in [-0.2, 0) is 16.1 Å². The van der Waals surface area contributed by atoms with E-state index >= 15 is 0 Å². The molecule has 10 nitrogen and oxygen atoms in total. The van der Waals surface area contributed by atoms with Crippen molar-refractivity contribution in [2.75, 3.05) is 0 Å². The van der Waals surface area contributed by atoms with Crippen LogP contribution in [0.1, 0.15) is 39.1 Å².